The maximum absolute atomic E-state index is 12.5. The standard InChI is InChI=1S/C20H30N2O5/c1-13(2)17(22(7)19(25)27-20(4,5)6)11-18(26-14(3)24)16-10-8-9-15(12-23)21-16/h8-10,18,23H,11-12H2,1-7H3/t18-/m1/s1. The monoisotopic (exact) mass is 378 g/mol. The molecule has 0 radical (unpaired) electrons. The molecule has 0 aromatic carbocycles. The Kier molecular flexibility index (Phi) is 7.97. The van der Waals surface area contributed by atoms with E-state index in [0.29, 0.717) is 17.1 Å². The lowest BCUT2D eigenvalue weighted by atomic mass is 10.1. The molecule has 1 N–H and O–H groups in total. The molecule has 0 unspecified atom stereocenters. The lowest BCUT2D eigenvalue weighted by molar-refractivity contribution is -0.147. The van der Waals surface area contributed by atoms with Crippen LogP contribution >= 0.6 is 0 Å². The van der Waals surface area contributed by atoms with Crippen LogP contribution in [0.2, 0.25) is 0 Å². The zero-order valence-corrected chi connectivity index (χ0v) is 17.2. The van der Waals surface area contributed by atoms with Crippen molar-refractivity contribution < 1.29 is 24.2 Å². The van der Waals surface area contributed by atoms with Gasteiger partial charge in [-0.3, -0.25) is 14.7 Å². The van der Waals surface area contributed by atoms with Crippen LogP contribution in [-0.2, 0) is 20.9 Å². The van der Waals surface area contributed by atoms with E-state index in [9.17, 15) is 14.7 Å². The van der Waals surface area contributed by atoms with Crippen molar-refractivity contribution in [1.82, 2.24) is 9.88 Å². The molecule has 0 aliphatic carbocycles. The summed E-state index contributed by atoms with van der Waals surface area (Å²) in [5.41, 5.74) is 1.92. The van der Waals surface area contributed by atoms with E-state index in [4.69, 9.17) is 9.47 Å². The van der Waals surface area contributed by atoms with E-state index in [1.807, 2.05) is 13.8 Å². The predicted molar refractivity (Wildman–Crippen MR) is 102 cm³/mol. The summed E-state index contributed by atoms with van der Waals surface area (Å²) < 4.78 is 10.9. The van der Waals surface area contributed by atoms with Gasteiger partial charge in [-0.2, -0.15) is 0 Å². The van der Waals surface area contributed by atoms with Gasteiger partial charge in [0.15, 0.2) is 0 Å². The molecule has 1 aromatic rings. The summed E-state index contributed by atoms with van der Waals surface area (Å²) in [7, 11) is 1.62. The molecule has 0 spiro atoms. The maximum Gasteiger partial charge on any atom is 0.414 e. The van der Waals surface area contributed by atoms with Gasteiger partial charge in [0.05, 0.1) is 18.0 Å². The van der Waals surface area contributed by atoms with E-state index in [0.717, 1.165) is 5.57 Å². The van der Waals surface area contributed by atoms with E-state index in [2.05, 4.69) is 4.98 Å². The first-order valence-corrected chi connectivity index (χ1v) is 8.81. The molecule has 0 saturated carbocycles. The molecule has 1 atom stereocenters. The van der Waals surface area contributed by atoms with Gasteiger partial charge in [0.1, 0.15) is 11.7 Å². The SMILES string of the molecule is CC(=O)O[C@H](CC(=C(C)C)N(C)C(=O)OC(C)(C)C)c1cccc(CO)n1. The molecule has 1 heterocycles. The molecule has 0 aliphatic heterocycles. The zero-order valence-electron chi connectivity index (χ0n) is 17.2. The van der Waals surface area contributed by atoms with Crippen LogP contribution < -0.4 is 0 Å². The van der Waals surface area contributed by atoms with Crippen molar-refractivity contribution >= 4 is 12.1 Å². The lowest BCUT2D eigenvalue weighted by Crippen LogP contribution is -2.34. The number of aliphatic hydroxyl groups excluding tert-OH is 1. The van der Waals surface area contributed by atoms with Gasteiger partial charge in [0.25, 0.3) is 0 Å². The third kappa shape index (κ3) is 7.38. The fraction of sp³-hybridized carbons (Fsp3) is 0.550. The van der Waals surface area contributed by atoms with E-state index < -0.39 is 23.8 Å². The number of hydrogen-bond acceptors (Lipinski definition) is 6. The van der Waals surface area contributed by atoms with E-state index in [-0.39, 0.29) is 13.0 Å². The van der Waals surface area contributed by atoms with Crippen LogP contribution in [0.5, 0.6) is 0 Å². The molecule has 7 nitrogen and oxygen atoms in total. The highest BCUT2D eigenvalue weighted by Gasteiger charge is 2.26. The Morgan fingerprint density at radius 3 is 2.33 bits per heavy atom. The van der Waals surface area contributed by atoms with Gasteiger partial charge in [-0.25, -0.2) is 4.79 Å². The number of aromatic nitrogens is 1. The Morgan fingerprint density at radius 2 is 1.85 bits per heavy atom. The molecule has 0 aliphatic rings. The number of aliphatic hydroxyl groups is 1. The first-order valence-electron chi connectivity index (χ1n) is 8.81. The summed E-state index contributed by atoms with van der Waals surface area (Å²) in [6, 6.07) is 5.15. The highest BCUT2D eigenvalue weighted by atomic mass is 16.6. The van der Waals surface area contributed by atoms with Crippen molar-refractivity contribution in [2.24, 2.45) is 0 Å². The number of hydrogen-bond donors (Lipinski definition) is 1. The average molecular weight is 378 g/mol. The molecular formula is C20H30N2O5. The molecule has 1 aromatic heterocycles. The predicted octanol–water partition coefficient (Wildman–Crippen LogP) is 3.73. The van der Waals surface area contributed by atoms with Gasteiger partial charge < -0.3 is 14.6 Å². The zero-order chi connectivity index (χ0) is 20.8. The average Bonchev–Trinajstić information content (AvgIpc) is 2.55. The van der Waals surface area contributed by atoms with Crippen molar-refractivity contribution in [1.29, 1.82) is 0 Å². The number of carbonyl (C=O) groups is 2. The number of esters is 1. The largest absolute Gasteiger partial charge is 0.456 e. The van der Waals surface area contributed by atoms with Crippen LogP contribution in [-0.4, -0.2) is 39.7 Å². The second kappa shape index (κ2) is 9.50. The van der Waals surface area contributed by atoms with Crippen LogP contribution in [0.15, 0.2) is 29.5 Å². The number of allylic oxidation sites excluding steroid dienone is 1. The van der Waals surface area contributed by atoms with Crippen molar-refractivity contribution in [3.05, 3.63) is 40.9 Å². The first-order chi connectivity index (χ1) is 12.4. The Labute approximate surface area is 161 Å². The summed E-state index contributed by atoms with van der Waals surface area (Å²) in [4.78, 5) is 29.8. The molecule has 0 fully saturated rings. The summed E-state index contributed by atoms with van der Waals surface area (Å²) in [6.07, 6.45) is -0.930. The number of nitrogens with zero attached hydrogens (tertiary/aromatic N) is 2. The molecule has 27 heavy (non-hydrogen) atoms. The Morgan fingerprint density at radius 1 is 1.22 bits per heavy atom. The Balaban J connectivity index is 3.16. The molecule has 0 bridgehead atoms. The topological polar surface area (TPSA) is 89.0 Å². The van der Waals surface area contributed by atoms with Gasteiger partial charge in [0.2, 0.25) is 0 Å². The van der Waals surface area contributed by atoms with Gasteiger partial charge in [-0.1, -0.05) is 11.6 Å². The highest BCUT2D eigenvalue weighted by molar-refractivity contribution is 5.70. The van der Waals surface area contributed by atoms with Crippen molar-refractivity contribution in [2.75, 3.05) is 7.05 Å². The Hall–Kier alpha value is -2.41. The quantitative estimate of drug-likeness (QED) is 0.759. The number of pyridine rings is 1. The minimum Gasteiger partial charge on any atom is -0.456 e. The minimum atomic E-state index is -0.691. The van der Waals surface area contributed by atoms with Crippen molar-refractivity contribution in [3.63, 3.8) is 0 Å². The van der Waals surface area contributed by atoms with Gasteiger partial charge in [-0.05, 0) is 46.8 Å². The molecule has 150 valence electrons. The van der Waals surface area contributed by atoms with Gasteiger partial charge >= 0.3 is 12.1 Å². The molecule has 7 heteroatoms. The molecular weight excluding hydrogens is 348 g/mol. The second-order valence-electron chi connectivity index (χ2n) is 7.50. The number of rotatable bonds is 6. The van der Waals surface area contributed by atoms with Gasteiger partial charge in [0, 0.05) is 26.1 Å². The third-order valence-corrected chi connectivity index (χ3v) is 3.66. The van der Waals surface area contributed by atoms with E-state index >= 15 is 0 Å². The van der Waals surface area contributed by atoms with E-state index in [1.165, 1.54) is 11.8 Å². The fourth-order valence-electron chi connectivity index (χ4n) is 2.47. The summed E-state index contributed by atoms with van der Waals surface area (Å²) in [5, 5.41) is 9.32. The summed E-state index contributed by atoms with van der Waals surface area (Å²) in [6.45, 7) is 10.3. The van der Waals surface area contributed by atoms with Gasteiger partial charge in [-0.15, -0.1) is 0 Å². The molecule has 0 saturated heterocycles. The lowest BCUT2D eigenvalue weighted by Gasteiger charge is -2.29. The number of carbonyl (C=O) groups excluding carboxylic acids is 2. The van der Waals surface area contributed by atoms with Crippen LogP contribution in [0.1, 0.15) is 65.5 Å². The summed E-state index contributed by atoms with van der Waals surface area (Å²) >= 11 is 0. The van der Waals surface area contributed by atoms with Crippen molar-refractivity contribution in [3.8, 4) is 0 Å². The third-order valence-electron chi connectivity index (χ3n) is 3.66. The van der Waals surface area contributed by atoms with Crippen LogP contribution in [0, 0.1) is 0 Å². The normalized spacial score (nSPS) is 12.1. The first kappa shape index (κ1) is 22.6. The van der Waals surface area contributed by atoms with E-state index in [1.54, 1.807) is 46.0 Å². The number of ether oxygens (including phenoxy) is 2. The second-order valence-corrected chi connectivity index (χ2v) is 7.50. The maximum atomic E-state index is 12.5. The number of amides is 1. The highest BCUT2D eigenvalue weighted by Crippen LogP contribution is 2.28. The summed E-state index contributed by atoms with van der Waals surface area (Å²) in [5.74, 6) is -0.454. The Bertz CT molecular complexity index is 703. The van der Waals surface area contributed by atoms with Crippen LogP contribution in [0.3, 0.4) is 0 Å². The molecule has 1 rings (SSSR count). The fourth-order valence-corrected chi connectivity index (χ4v) is 2.47. The van der Waals surface area contributed by atoms with Crippen molar-refractivity contribution in [2.45, 2.75) is 66.3 Å². The minimum absolute atomic E-state index is 0.214. The molecule has 1 amide bonds. The van der Waals surface area contributed by atoms with Crippen LogP contribution in [0.25, 0.3) is 0 Å². The van der Waals surface area contributed by atoms with Crippen LogP contribution in [0.4, 0.5) is 4.79 Å². The smallest absolute Gasteiger partial charge is 0.414 e.